The van der Waals surface area contributed by atoms with Crippen molar-refractivity contribution in [2.45, 2.75) is 90.5 Å². The zero-order valence-electron chi connectivity index (χ0n) is 22.2. The molecule has 36 heavy (non-hydrogen) atoms. The zero-order valence-corrected chi connectivity index (χ0v) is 22.2. The van der Waals surface area contributed by atoms with Crippen molar-refractivity contribution in [3.05, 3.63) is 18.2 Å². The number of amides is 3. The maximum absolute atomic E-state index is 13.0. The molecule has 1 aromatic heterocycles. The van der Waals surface area contributed by atoms with Gasteiger partial charge in [-0.05, 0) is 25.2 Å². The molecule has 3 amide bonds. The lowest BCUT2D eigenvalue weighted by Gasteiger charge is -2.29. The minimum atomic E-state index is -1.15. The van der Waals surface area contributed by atoms with Crippen molar-refractivity contribution in [3.63, 3.8) is 0 Å². The number of carbonyl (C=O) groups excluding carboxylic acids is 3. The monoisotopic (exact) mass is 505 g/mol. The molecule has 0 unspecified atom stereocenters. The summed E-state index contributed by atoms with van der Waals surface area (Å²) in [7, 11) is 1.68. The molecule has 5 atom stereocenters. The van der Waals surface area contributed by atoms with Crippen LogP contribution in [-0.2, 0) is 20.8 Å². The first-order chi connectivity index (χ1) is 17.0. The molecule has 0 radical (unpaired) electrons. The summed E-state index contributed by atoms with van der Waals surface area (Å²) in [6.07, 6.45) is 8.33. The number of nitrogens with one attached hydrogen (secondary N) is 3. The van der Waals surface area contributed by atoms with Gasteiger partial charge in [0.05, 0.1) is 24.6 Å². The van der Waals surface area contributed by atoms with Crippen molar-refractivity contribution in [2.24, 2.45) is 11.8 Å². The molecule has 5 N–H and O–H groups in total. The van der Waals surface area contributed by atoms with Gasteiger partial charge in [0.1, 0.15) is 6.04 Å². The standard InChI is InChI=1S/C26H43N5O5/c1-7-10-21(26(36)29-20(9-3)24(34)22(32)13-17(4)5)30-25(35)18(8-2)14-23(33)31(6)12-11-19-15-27-16-28-19/h1,15-18,20-22,24,32,34H,8-14H2,2-6H3,(H,27,28)(H,29,36)(H,30,35)/t18-,20+,21+,22+,24-/m1/s1. The van der Waals surface area contributed by atoms with E-state index in [0.717, 1.165) is 5.69 Å². The molecule has 0 bridgehead atoms. The van der Waals surface area contributed by atoms with Crippen LogP contribution >= 0.6 is 0 Å². The Morgan fingerprint density at radius 2 is 1.86 bits per heavy atom. The van der Waals surface area contributed by atoms with E-state index in [0.29, 0.717) is 32.2 Å². The van der Waals surface area contributed by atoms with Gasteiger partial charge in [0, 0.05) is 50.7 Å². The number of H-pyrrole nitrogens is 1. The lowest BCUT2D eigenvalue weighted by atomic mass is 9.95. The van der Waals surface area contributed by atoms with Gasteiger partial charge in [-0.15, -0.1) is 12.3 Å². The smallest absolute Gasteiger partial charge is 0.243 e. The minimum absolute atomic E-state index is 0.00386. The molecule has 0 aliphatic carbocycles. The third kappa shape index (κ3) is 10.4. The predicted octanol–water partition coefficient (Wildman–Crippen LogP) is 0.998. The number of carbonyl (C=O) groups is 3. The van der Waals surface area contributed by atoms with E-state index in [2.05, 4.69) is 26.5 Å². The van der Waals surface area contributed by atoms with E-state index in [9.17, 15) is 24.6 Å². The number of terminal acetylenes is 1. The number of aliphatic hydroxyl groups is 2. The molecule has 0 spiro atoms. The maximum atomic E-state index is 13.0. The number of likely N-dealkylation sites (N-methyl/N-ethyl adjacent to an activating group) is 1. The minimum Gasteiger partial charge on any atom is -0.390 e. The highest BCUT2D eigenvalue weighted by Crippen LogP contribution is 2.14. The summed E-state index contributed by atoms with van der Waals surface area (Å²) < 4.78 is 0. The van der Waals surface area contributed by atoms with Crippen molar-refractivity contribution >= 4 is 17.7 Å². The van der Waals surface area contributed by atoms with Gasteiger partial charge in [0.2, 0.25) is 17.7 Å². The van der Waals surface area contributed by atoms with Crippen LogP contribution in [0.1, 0.15) is 65.5 Å². The van der Waals surface area contributed by atoms with Gasteiger partial charge < -0.3 is 30.7 Å². The summed E-state index contributed by atoms with van der Waals surface area (Å²) in [6.45, 7) is 7.93. The number of aliphatic hydroxyl groups excluding tert-OH is 2. The largest absolute Gasteiger partial charge is 0.390 e. The van der Waals surface area contributed by atoms with Crippen LogP contribution in [0.4, 0.5) is 0 Å². The average molecular weight is 506 g/mol. The van der Waals surface area contributed by atoms with E-state index in [1.54, 1.807) is 38.3 Å². The molecule has 0 aliphatic heterocycles. The van der Waals surface area contributed by atoms with Crippen LogP contribution in [0, 0.1) is 24.2 Å². The van der Waals surface area contributed by atoms with Gasteiger partial charge in [0.15, 0.2) is 0 Å². The molecule has 0 aromatic carbocycles. The Bertz CT molecular complexity index is 851. The molecule has 10 heteroatoms. The molecule has 1 rings (SSSR count). The fraction of sp³-hybridized carbons (Fsp3) is 0.692. The number of hydrogen-bond acceptors (Lipinski definition) is 6. The molecule has 1 aromatic rings. The number of rotatable bonds is 16. The summed E-state index contributed by atoms with van der Waals surface area (Å²) in [5.41, 5.74) is 0.912. The Balaban J connectivity index is 2.74. The lowest BCUT2D eigenvalue weighted by Crippen LogP contribution is -2.55. The van der Waals surface area contributed by atoms with E-state index < -0.39 is 42.0 Å². The third-order valence-electron chi connectivity index (χ3n) is 6.22. The molecule has 0 saturated carbocycles. The van der Waals surface area contributed by atoms with Crippen molar-refractivity contribution < 1.29 is 24.6 Å². The highest BCUT2D eigenvalue weighted by atomic mass is 16.3. The summed E-state index contributed by atoms with van der Waals surface area (Å²) in [6, 6.07) is -1.72. The van der Waals surface area contributed by atoms with Crippen molar-refractivity contribution in [2.75, 3.05) is 13.6 Å². The van der Waals surface area contributed by atoms with Crippen LogP contribution < -0.4 is 10.6 Å². The van der Waals surface area contributed by atoms with Gasteiger partial charge in [-0.2, -0.15) is 0 Å². The average Bonchev–Trinajstić information content (AvgIpc) is 3.36. The Kier molecular flexibility index (Phi) is 13.8. The molecule has 1 heterocycles. The van der Waals surface area contributed by atoms with Crippen LogP contribution in [-0.4, -0.2) is 80.7 Å². The van der Waals surface area contributed by atoms with E-state index in [4.69, 9.17) is 6.42 Å². The fourth-order valence-corrected chi connectivity index (χ4v) is 3.84. The lowest BCUT2D eigenvalue weighted by molar-refractivity contribution is -0.136. The Labute approximate surface area is 214 Å². The van der Waals surface area contributed by atoms with Crippen molar-refractivity contribution in [3.8, 4) is 12.3 Å². The molecule has 0 aliphatic rings. The Hall–Kier alpha value is -2.90. The van der Waals surface area contributed by atoms with Crippen molar-refractivity contribution in [1.29, 1.82) is 0 Å². The summed E-state index contributed by atoms with van der Waals surface area (Å²) in [4.78, 5) is 47.1. The second kappa shape index (κ2) is 16.0. The highest BCUT2D eigenvalue weighted by Gasteiger charge is 2.31. The van der Waals surface area contributed by atoms with E-state index >= 15 is 0 Å². The topological polar surface area (TPSA) is 148 Å². The van der Waals surface area contributed by atoms with Crippen LogP contribution in [0.2, 0.25) is 0 Å². The second-order valence-electron chi connectivity index (χ2n) is 9.63. The second-order valence-corrected chi connectivity index (χ2v) is 9.63. The summed E-state index contributed by atoms with van der Waals surface area (Å²) >= 11 is 0. The molecule has 0 saturated heterocycles. The normalized spacial score (nSPS) is 15.3. The summed E-state index contributed by atoms with van der Waals surface area (Å²) in [5, 5.41) is 26.2. The quantitative estimate of drug-likeness (QED) is 0.212. The van der Waals surface area contributed by atoms with Gasteiger partial charge in [-0.3, -0.25) is 14.4 Å². The first-order valence-corrected chi connectivity index (χ1v) is 12.6. The van der Waals surface area contributed by atoms with Gasteiger partial charge in [0.25, 0.3) is 0 Å². The zero-order chi connectivity index (χ0) is 27.3. The molecular weight excluding hydrogens is 462 g/mol. The molecule has 10 nitrogen and oxygen atoms in total. The van der Waals surface area contributed by atoms with Crippen LogP contribution in [0.25, 0.3) is 0 Å². The Morgan fingerprint density at radius 3 is 2.39 bits per heavy atom. The first-order valence-electron chi connectivity index (χ1n) is 12.6. The number of nitrogens with zero attached hydrogens (tertiary/aromatic N) is 2. The number of aromatic nitrogens is 2. The summed E-state index contributed by atoms with van der Waals surface area (Å²) in [5.74, 6) is 0.798. The molecule has 202 valence electrons. The van der Waals surface area contributed by atoms with E-state index in [1.807, 2.05) is 13.8 Å². The van der Waals surface area contributed by atoms with Crippen LogP contribution in [0.3, 0.4) is 0 Å². The van der Waals surface area contributed by atoms with Gasteiger partial charge in [-0.25, -0.2) is 4.98 Å². The molecular formula is C26H43N5O5. The number of imidazole rings is 1. The fourth-order valence-electron chi connectivity index (χ4n) is 3.84. The van der Waals surface area contributed by atoms with E-state index in [1.165, 1.54) is 0 Å². The number of hydrogen-bond donors (Lipinski definition) is 5. The van der Waals surface area contributed by atoms with Gasteiger partial charge in [-0.1, -0.05) is 27.7 Å². The number of aromatic amines is 1. The van der Waals surface area contributed by atoms with Gasteiger partial charge >= 0.3 is 0 Å². The first kappa shape index (κ1) is 31.1. The third-order valence-corrected chi connectivity index (χ3v) is 6.22. The van der Waals surface area contributed by atoms with Crippen LogP contribution in [0.15, 0.2) is 12.5 Å². The predicted molar refractivity (Wildman–Crippen MR) is 137 cm³/mol. The SMILES string of the molecule is C#CC[C@H](NC(=O)[C@H](CC)CC(=O)N(C)CCc1cnc[nH]1)C(=O)N[C@@H](CC)[C@@H](O)[C@@H](O)CC(C)C. The highest BCUT2D eigenvalue weighted by molar-refractivity contribution is 5.91. The van der Waals surface area contributed by atoms with E-state index in [-0.39, 0.29) is 24.7 Å². The molecule has 0 fully saturated rings. The maximum Gasteiger partial charge on any atom is 0.243 e. The Morgan fingerprint density at radius 1 is 1.17 bits per heavy atom. The van der Waals surface area contributed by atoms with Crippen LogP contribution in [0.5, 0.6) is 0 Å². The van der Waals surface area contributed by atoms with Crippen molar-refractivity contribution in [1.82, 2.24) is 25.5 Å².